The van der Waals surface area contributed by atoms with E-state index in [-0.39, 0.29) is 24.5 Å². The van der Waals surface area contributed by atoms with Crippen molar-refractivity contribution in [3.8, 4) is 0 Å². The Bertz CT molecular complexity index is 629. The SMILES string of the molecule is C[C@H](NC(=O)CN[C@H](C)c1ccco1)c1ccc(Cl)cc1Cl. The molecule has 2 N–H and O–H groups in total. The van der Waals surface area contributed by atoms with Crippen LogP contribution in [0.5, 0.6) is 0 Å². The highest BCUT2D eigenvalue weighted by molar-refractivity contribution is 6.35. The third kappa shape index (κ3) is 4.50. The van der Waals surface area contributed by atoms with Crippen molar-refractivity contribution in [3.63, 3.8) is 0 Å². The number of hydrogen-bond donors (Lipinski definition) is 2. The summed E-state index contributed by atoms with van der Waals surface area (Å²) in [7, 11) is 0. The number of carbonyl (C=O) groups excluding carboxylic acids is 1. The van der Waals surface area contributed by atoms with Crippen LogP contribution in [0.4, 0.5) is 0 Å². The molecule has 2 aromatic rings. The van der Waals surface area contributed by atoms with Crippen molar-refractivity contribution in [1.29, 1.82) is 0 Å². The van der Waals surface area contributed by atoms with E-state index in [4.69, 9.17) is 27.6 Å². The first-order chi connectivity index (χ1) is 10.5. The van der Waals surface area contributed by atoms with Gasteiger partial charge in [0, 0.05) is 10.0 Å². The quantitative estimate of drug-likeness (QED) is 0.831. The highest BCUT2D eigenvalue weighted by Gasteiger charge is 2.14. The van der Waals surface area contributed by atoms with Gasteiger partial charge in [-0.05, 0) is 43.7 Å². The topological polar surface area (TPSA) is 54.3 Å². The average molecular weight is 341 g/mol. The van der Waals surface area contributed by atoms with Crippen molar-refractivity contribution in [2.24, 2.45) is 0 Å². The lowest BCUT2D eigenvalue weighted by atomic mass is 10.1. The van der Waals surface area contributed by atoms with Gasteiger partial charge < -0.3 is 9.73 Å². The molecule has 0 aliphatic carbocycles. The van der Waals surface area contributed by atoms with Gasteiger partial charge in [-0.2, -0.15) is 0 Å². The van der Waals surface area contributed by atoms with Crippen LogP contribution in [0.3, 0.4) is 0 Å². The average Bonchev–Trinajstić information content (AvgIpc) is 2.98. The summed E-state index contributed by atoms with van der Waals surface area (Å²) in [6, 6.07) is 8.69. The zero-order valence-corrected chi connectivity index (χ0v) is 13.9. The van der Waals surface area contributed by atoms with Crippen molar-refractivity contribution >= 4 is 29.1 Å². The Balaban J connectivity index is 1.86. The lowest BCUT2D eigenvalue weighted by molar-refractivity contribution is -0.121. The molecule has 118 valence electrons. The molecule has 0 spiro atoms. The molecule has 0 aliphatic heterocycles. The molecule has 0 aliphatic rings. The molecule has 2 atom stereocenters. The van der Waals surface area contributed by atoms with Crippen LogP contribution >= 0.6 is 23.2 Å². The molecule has 2 rings (SSSR count). The molecule has 0 saturated heterocycles. The lowest BCUT2D eigenvalue weighted by Crippen LogP contribution is -2.36. The van der Waals surface area contributed by atoms with Crippen molar-refractivity contribution in [2.45, 2.75) is 25.9 Å². The molecular weight excluding hydrogens is 323 g/mol. The molecular formula is C16H18Cl2N2O2. The van der Waals surface area contributed by atoms with Crippen LogP contribution in [-0.2, 0) is 4.79 Å². The van der Waals surface area contributed by atoms with E-state index in [1.165, 1.54) is 0 Å². The molecule has 6 heteroatoms. The fraction of sp³-hybridized carbons (Fsp3) is 0.312. The van der Waals surface area contributed by atoms with E-state index < -0.39 is 0 Å². The summed E-state index contributed by atoms with van der Waals surface area (Å²) in [5.41, 5.74) is 0.832. The third-order valence-electron chi connectivity index (χ3n) is 3.35. The molecule has 4 nitrogen and oxygen atoms in total. The van der Waals surface area contributed by atoms with Crippen LogP contribution in [0.1, 0.15) is 37.3 Å². The minimum absolute atomic E-state index is 0.0322. The summed E-state index contributed by atoms with van der Waals surface area (Å²) >= 11 is 12.0. The Morgan fingerprint density at radius 2 is 2.00 bits per heavy atom. The van der Waals surface area contributed by atoms with Gasteiger partial charge in [-0.3, -0.25) is 10.1 Å². The van der Waals surface area contributed by atoms with Crippen LogP contribution in [-0.4, -0.2) is 12.5 Å². The Morgan fingerprint density at radius 3 is 2.64 bits per heavy atom. The van der Waals surface area contributed by atoms with Gasteiger partial charge in [-0.25, -0.2) is 0 Å². The molecule has 1 aromatic heterocycles. The first-order valence-corrected chi connectivity index (χ1v) is 7.74. The van der Waals surface area contributed by atoms with E-state index in [1.807, 2.05) is 32.0 Å². The van der Waals surface area contributed by atoms with Crippen LogP contribution in [0.2, 0.25) is 10.0 Å². The highest BCUT2D eigenvalue weighted by atomic mass is 35.5. The van der Waals surface area contributed by atoms with E-state index in [1.54, 1.807) is 18.4 Å². The zero-order valence-electron chi connectivity index (χ0n) is 12.4. The molecule has 0 unspecified atom stereocenters. The fourth-order valence-corrected chi connectivity index (χ4v) is 2.68. The molecule has 0 bridgehead atoms. The van der Waals surface area contributed by atoms with E-state index in [0.717, 1.165) is 11.3 Å². The molecule has 22 heavy (non-hydrogen) atoms. The molecule has 1 heterocycles. The van der Waals surface area contributed by atoms with Gasteiger partial charge in [-0.15, -0.1) is 0 Å². The number of benzene rings is 1. The monoisotopic (exact) mass is 340 g/mol. The first kappa shape index (κ1) is 16.9. The van der Waals surface area contributed by atoms with E-state index >= 15 is 0 Å². The van der Waals surface area contributed by atoms with Gasteiger partial charge in [0.25, 0.3) is 0 Å². The summed E-state index contributed by atoms with van der Waals surface area (Å²) in [5.74, 6) is 0.679. The van der Waals surface area contributed by atoms with Gasteiger partial charge in [0.2, 0.25) is 5.91 Å². The van der Waals surface area contributed by atoms with Crippen molar-refractivity contribution in [3.05, 3.63) is 58.0 Å². The number of carbonyl (C=O) groups is 1. The number of furan rings is 1. The normalized spacial score (nSPS) is 13.6. The summed E-state index contributed by atoms with van der Waals surface area (Å²) in [6.07, 6.45) is 1.61. The van der Waals surface area contributed by atoms with Crippen LogP contribution in [0.25, 0.3) is 0 Å². The standard InChI is InChI=1S/C16H18Cl2N2O2/c1-10(13-6-5-12(17)8-14(13)18)20-16(21)9-19-11(2)15-4-3-7-22-15/h3-8,10-11,19H,9H2,1-2H3,(H,20,21)/t10-,11+/m0/s1. The smallest absolute Gasteiger partial charge is 0.234 e. The Hall–Kier alpha value is -1.49. The third-order valence-corrected chi connectivity index (χ3v) is 3.91. The fourth-order valence-electron chi connectivity index (χ4n) is 2.11. The molecule has 1 aromatic carbocycles. The van der Waals surface area contributed by atoms with Crippen molar-refractivity contribution in [2.75, 3.05) is 6.54 Å². The van der Waals surface area contributed by atoms with Crippen molar-refractivity contribution < 1.29 is 9.21 Å². The maximum absolute atomic E-state index is 12.0. The minimum atomic E-state index is -0.196. The van der Waals surface area contributed by atoms with Crippen LogP contribution in [0.15, 0.2) is 41.0 Å². The Morgan fingerprint density at radius 1 is 1.23 bits per heavy atom. The van der Waals surface area contributed by atoms with Gasteiger partial charge in [0.05, 0.1) is 24.9 Å². The van der Waals surface area contributed by atoms with E-state index in [0.29, 0.717) is 10.0 Å². The largest absolute Gasteiger partial charge is 0.468 e. The second-order valence-electron chi connectivity index (χ2n) is 5.07. The Labute approximate surface area is 139 Å². The number of nitrogens with one attached hydrogen (secondary N) is 2. The summed E-state index contributed by atoms with van der Waals surface area (Å²) in [6.45, 7) is 4.01. The summed E-state index contributed by atoms with van der Waals surface area (Å²) in [4.78, 5) is 12.0. The highest BCUT2D eigenvalue weighted by Crippen LogP contribution is 2.25. The predicted molar refractivity (Wildman–Crippen MR) is 88.1 cm³/mol. The number of halogens is 2. The molecule has 0 saturated carbocycles. The number of rotatable bonds is 6. The van der Waals surface area contributed by atoms with Gasteiger partial charge in [-0.1, -0.05) is 29.3 Å². The first-order valence-electron chi connectivity index (χ1n) is 6.98. The minimum Gasteiger partial charge on any atom is -0.468 e. The predicted octanol–water partition coefficient (Wildman–Crippen LogP) is 4.11. The molecule has 0 radical (unpaired) electrons. The molecule has 1 amide bonds. The van der Waals surface area contributed by atoms with E-state index in [2.05, 4.69) is 10.6 Å². The van der Waals surface area contributed by atoms with Gasteiger partial charge in [0.15, 0.2) is 0 Å². The van der Waals surface area contributed by atoms with Crippen LogP contribution < -0.4 is 10.6 Å². The van der Waals surface area contributed by atoms with Gasteiger partial charge >= 0.3 is 0 Å². The van der Waals surface area contributed by atoms with Gasteiger partial charge in [0.1, 0.15) is 5.76 Å². The zero-order chi connectivity index (χ0) is 16.1. The number of amides is 1. The second kappa shape index (κ2) is 7.68. The summed E-state index contributed by atoms with van der Waals surface area (Å²) in [5, 5.41) is 7.11. The lowest BCUT2D eigenvalue weighted by Gasteiger charge is -2.17. The second-order valence-corrected chi connectivity index (χ2v) is 5.92. The van der Waals surface area contributed by atoms with E-state index in [9.17, 15) is 4.79 Å². The summed E-state index contributed by atoms with van der Waals surface area (Å²) < 4.78 is 5.28. The maximum atomic E-state index is 12.0. The van der Waals surface area contributed by atoms with Crippen molar-refractivity contribution in [1.82, 2.24) is 10.6 Å². The molecule has 0 fully saturated rings. The Kier molecular flexibility index (Phi) is 5.89. The maximum Gasteiger partial charge on any atom is 0.234 e. The number of hydrogen-bond acceptors (Lipinski definition) is 3. The van der Waals surface area contributed by atoms with Crippen LogP contribution in [0, 0.1) is 0 Å².